The Morgan fingerprint density at radius 1 is 0.962 bits per heavy atom. The van der Waals surface area contributed by atoms with E-state index in [4.69, 9.17) is 0 Å². The lowest BCUT2D eigenvalue weighted by Gasteiger charge is -2.19. The molecule has 0 fully saturated rings. The number of nitrogens with one attached hydrogen (secondary N) is 3. The number of urea groups is 1. The van der Waals surface area contributed by atoms with Crippen LogP contribution in [-0.4, -0.2) is 18.5 Å². The van der Waals surface area contributed by atoms with Crippen molar-refractivity contribution in [3.63, 3.8) is 0 Å². The molecule has 1 aliphatic rings. The van der Waals surface area contributed by atoms with Crippen LogP contribution in [0.5, 0.6) is 0 Å². The van der Waals surface area contributed by atoms with E-state index in [1.165, 1.54) is 23.1 Å². The lowest BCUT2D eigenvalue weighted by atomic mass is 9.90. The van der Waals surface area contributed by atoms with Crippen LogP contribution in [0.15, 0.2) is 42.5 Å². The van der Waals surface area contributed by atoms with Gasteiger partial charge in [-0.15, -0.1) is 0 Å². The Hall–Kier alpha value is -2.82. The second kappa shape index (κ2) is 8.52. The highest BCUT2D eigenvalue weighted by Gasteiger charge is 2.14. The van der Waals surface area contributed by atoms with Crippen molar-refractivity contribution in [3.8, 4) is 0 Å². The fraction of sp³-hybridized carbons (Fsp3) is 0.333. The molecule has 3 rings (SSSR count). The van der Waals surface area contributed by atoms with E-state index in [-0.39, 0.29) is 18.5 Å². The molecule has 0 saturated carbocycles. The number of amides is 3. The summed E-state index contributed by atoms with van der Waals surface area (Å²) < 4.78 is 0. The summed E-state index contributed by atoms with van der Waals surface area (Å²) in [7, 11) is 0. The Morgan fingerprint density at radius 2 is 1.73 bits per heavy atom. The van der Waals surface area contributed by atoms with Crippen molar-refractivity contribution in [2.75, 3.05) is 11.9 Å². The molecule has 26 heavy (non-hydrogen) atoms. The largest absolute Gasteiger partial charge is 0.334 e. The molecule has 1 aliphatic carbocycles. The Labute approximate surface area is 154 Å². The van der Waals surface area contributed by atoms with Gasteiger partial charge in [-0.3, -0.25) is 4.79 Å². The molecular weight excluding hydrogens is 326 g/mol. The van der Waals surface area contributed by atoms with Crippen LogP contribution in [0.2, 0.25) is 0 Å². The molecule has 0 aliphatic heterocycles. The molecule has 136 valence electrons. The van der Waals surface area contributed by atoms with Crippen molar-refractivity contribution in [1.82, 2.24) is 10.6 Å². The molecule has 3 N–H and O–H groups in total. The molecule has 5 nitrogen and oxygen atoms in total. The number of fused-ring (bicyclic) bond motifs is 1. The topological polar surface area (TPSA) is 70.2 Å². The summed E-state index contributed by atoms with van der Waals surface area (Å²) in [6.07, 6.45) is 4.42. The monoisotopic (exact) mass is 351 g/mol. The maximum Gasteiger partial charge on any atom is 0.315 e. The predicted octanol–water partition coefficient (Wildman–Crippen LogP) is 3.31. The zero-order chi connectivity index (χ0) is 18.4. The number of carbonyl (C=O) groups excluding carboxylic acids is 2. The van der Waals surface area contributed by atoms with Gasteiger partial charge in [0.1, 0.15) is 0 Å². The summed E-state index contributed by atoms with van der Waals surface area (Å²) in [6.45, 7) is 2.40. The number of aryl methyl sites for hydroxylation is 2. The third kappa shape index (κ3) is 4.85. The van der Waals surface area contributed by atoms with Crippen LogP contribution in [0.25, 0.3) is 0 Å². The number of anilines is 1. The second-order valence-electron chi connectivity index (χ2n) is 6.72. The van der Waals surface area contributed by atoms with Gasteiger partial charge >= 0.3 is 6.03 Å². The summed E-state index contributed by atoms with van der Waals surface area (Å²) in [6, 6.07) is 13.6. The number of benzene rings is 2. The lowest BCUT2D eigenvalue weighted by molar-refractivity contribution is -0.115. The standard InChI is InChI=1S/C21H25N3O2/c1-15-9-11-16(12-10-15)13-22-21(26)23-14-20(25)24-19-8-4-6-17-5-2-3-7-18(17)19/h4,6,8-12H,2-3,5,7,13-14H2,1H3,(H,24,25)(H2,22,23,26). The fourth-order valence-electron chi connectivity index (χ4n) is 3.20. The molecule has 0 heterocycles. The van der Waals surface area contributed by atoms with Crippen LogP contribution in [-0.2, 0) is 24.2 Å². The molecular formula is C21H25N3O2. The van der Waals surface area contributed by atoms with Gasteiger partial charge < -0.3 is 16.0 Å². The Bertz CT molecular complexity index is 784. The molecule has 0 unspecified atom stereocenters. The Kier molecular flexibility index (Phi) is 5.89. The van der Waals surface area contributed by atoms with Crippen LogP contribution in [0.3, 0.4) is 0 Å². The SMILES string of the molecule is Cc1ccc(CNC(=O)NCC(=O)Nc2cccc3c2CCCC3)cc1. The van der Waals surface area contributed by atoms with Crippen molar-refractivity contribution in [2.24, 2.45) is 0 Å². The Morgan fingerprint density at radius 3 is 2.54 bits per heavy atom. The average Bonchev–Trinajstić information content (AvgIpc) is 2.66. The Balaban J connectivity index is 1.45. The van der Waals surface area contributed by atoms with E-state index in [2.05, 4.69) is 22.0 Å². The van der Waals surface area contributed by atoms with Crippen LogP contribution in [0.1, 0.15) is 35.1 Å². The highest BCUT2D eigenvalue weighted by Crippen LogP contribution is 2.27. The molecule has 3 amide bonds. The van der Waals surface area contributed by atoms with Crippen LogP contribution in [0.4, 0.5) is 10.5 Å². The molecule has 0 atom stereocenters. The quantitative estimate of drug-likeness (QED) is 0.773. The summed E-state index contributed by atoms with van der Waals surface area (Å²) in [5.74, 6) is -0.213. The van der Waals surface area contributed by atoms with E-state index in [1.54, 1.807) is 0 Å². The number of hydrogen-bond donors (Lipinski definition) is 3. The average molecular weight is 351 g/mol. The van der Waals surface area contributed by atoms with Gasteiger partial charge in [-0.25, -0.2) is 4.79 Å². The molecule has 0 spiro atoms. The highest BCUT2D eigenvalue weighted by molar-refractivity contribution is 5.95. The van der Waals surface area contributed by atoms with Crippen LogP contribution in [0, 0.1) is 6.92 Å². The van der Waals surface area contributed by atoms with Crippen LogP contribution < -0.4 is 16.0 Å². The first kappa shape index (κ1) is 18.0. The maximum atomic E-state index is 12.2. The van der Waals surface area contributed by atoms with Crippen LogP contribution >= 0.6 is 0 Å². The van der Waals surface area contributed by atoms with Gasteiger partial charge in [0.25, 0.3) is 0 Å². The summed E-state index contributed by atoms with van der Waals surface area (Å²) >= 11 is 0. The molecule has 2 aromatic carbocycles. The summed E-state index contributed by atoms with van der Waals surface area (Å²) in [4.78, 5) is 24.0. The van der Waals surface area contributed by atoms with Gasteiger partial charge in [0, 0.05) is 12.2 Å². The fourth-order valence-corrected chi connectivity index (χ4v) is 3.20. The van der Waals surface area contributed by atoms with Gasteiger partial charge in [-0.2, -0.15) is 0 Å². The second-order valence-corrected chi connectivity index (χ2v) is 6.72. The van der Waals surface area contributed by atoms with Gasteiger partial charge in [-0.05, 0) is 55.4 Å². The smallest absolute Gasteiger partial charge is 0.315 e. The summed E-state index contributed by atoms with van der Waals surface area (Å²) in [5, 5.41) is 8.28. The first-order valence-corrected chi connectivity index (χ1v) is 9.09. The van der Waals surface area contributed by atoms with Crippen molar-refractivity contribution >= 4 is 17.6 Å². The molecule has 0 aromatic heterocycles. The minimum absolute atomic E-state index is 0.0522. The number of carbonyl (C=O) groups is 2. The zero-order valence-electron chi connectivity index (χ0n) is 15.1. The molecule has 0 radical (unpaired) electrons. The minimum Gasteiger partial charge on any atom is -0.334 e. The van der Waals surface area contributed by atoms with Crippen molar-refractivity contribution in [2.45, 2.75) is 39.2 Å². The third-order valence-corrected chi connectivity index (χ3v) is 4.65. The van der Waals surface area contributed by atoms with Gasteiger partial charge in [-0.1, -0.05) is 42.0 Å². The predicted molar refractivity (Wildman–Crippen MR) is 103 cm³/mol. The third-order valence-electron chi connectivity index (χ3n) is 4.65. The molecule has 5 heteroatoms. The van der Waals surface area contributed by atoms with Gasteiger partial charge in [0.05, 0.1) is 6.54 Å². The van der Waals surface area contributed by atoms with Gasteiger partial charge in [0.15, 0.2) is 0 Å². The number of hydrogen-bond acceptors (Lipinski definition) is 2. The van der Waals surface area contributed by atoms with E-state index < -0.39 is 0 Å². The first-order chi connectivity index (χ1) is 12.6. The first-order valence-electron chi connectivity index (χ1n) is 9.09. The maximum absolute atomic E-state index is 12.2. The van der Waals surface area contributed by atoms with E-state index in [0.29, 0.717) is 6.54 Å². The van der Waals surface area contributed by atoms with E-state index in [1.807, 2.05) is 43.3 Å². The van der Waals surface area contributed by atoms with Crippen molar-refractivity contribution < 1.29 is 9.59 Å². The molecule has 0 bridgehead atoms. The summed E-state index contributed by atoms with van der Waals surface area (Å²) in [5.41, 5.74) is 5.62. The minimum atomic E-state index is -0.351. The van der Waals surface area contributed by atoms with E-state index in [0.717, 1.165) is 30.5 Å². The van der Waals surface area contributed by atoms with E-state index in [9.17, 15) is 9.59 Å². The normalized spacial score (nSPS) is 12.8. The molecule has 0 saturated heterocycles. The van der Waals surface area contributed by atoms with Crippen molar-refractivity contribution in [1.29, 1.82) is 0 Å². The van der Waals surface area contributed by atoms with E-state index >= 15 is 0 Å². The highest BCUT2D eigenvalue weighted by atomic mass is 16.2. The molecule has 2 aromatic rings. The zero-order valence-corrected chi connectivity index (χ0v) is 15.1. The lowest BCUT2D eigenvalue weighted by Crippen LogP contribution is -2.39. The number of rotatable bonds is 5. The van der Waals surface area contributed by atoms with Crippen molar-refractivity contribution in [3.05, 3.63) is 64.7 Å². The van der Waals surface area contributed by atoms with Gasteiger partial charge in [0.2, 0.25) is 5.91 Å².